The summed E-state index contributed by atoms with van der Waals surface area (Å²) < 4.78 is 0. The van der Waals surface area contributed by atoms with Crippen molar-refractivity contribution in [1.29, 1.82) is 0 Å². The quantitative estimate of drug-likeness (QED) is 0.270. The molecule has 17 heavy (non-hydrogen) atoms. The molecule has 0 aliphatic rings. The summed E-state index contributed by atoms with van der Waals surface area (Å²) in [6, 6.07) is 0. The molecule has 0 aromatic rings. The molecule has 0 amide bonds. The first kappa shape index (κ1) is 16.5. The Morgan fingerprint density at radius 3 is 1.41 bits per heavy atom. The Labute approximate surface area is 109 Å². The van der Waals surface area contributed by atoms with Crippen LogP contribution in [0.1, 0.15) is 84.5 Å². The SMILES string of the molecule is CCCCCCC=CC=CCCCCCCC. The largest absolute Gasteiger partial charge is 0.0845 e. The second kappa shape index (κ2) is 15.5. The van der Waals surface area contributed by atoms with Crippen molar-refractivity contribution in [1.82, 2.24) is 0 Å². The van der Waals surface area contributed by atoms with Gasteiger partial charge in [-0.25, -0.2) is 0 Å². The van der Waals surface area contributed by atoms with Crippen molar-refractivity contribution in [2.24, 2.45) is 0 Å². The van der Waals surface area contributed by atoms with Crippen molar-refractivity contribution in [3.63, 3.8) is 0 Å². The summed E-state index contributed by atoms with van der Waals surface area (Å²) in [6.07, 6.45) is 24.0. The van der Waals surface area contributed by atoms with Crippen molar-refractivity contribution in [3.8, 4) is 0 Å². The van der Waals surface area contributed by atoms with E-state index in [0.29, 0.717) is 0 Å². The predicted octanol–water partition coefficient (Wildman–Crippen LogP) is 6.43. The Hall–Kier alpha value is -0.520. The van der Waals surface area contributed by atoms with Gasteiger partial charge >= 0.3 is 0 Å². The third kappa shape index (κ3) is 15.5. The first-order chi connectivity index (χ1) is 8.41. The van der Waals surface area contributed by atoms with E-state index in [4.69, 9.17) is 0 Å². The fourth-order valence-corrected chi connectivity index (χ4v) is 1.90. The third-order valence-corrected chi connectivity index (χ3v) is 3.08. The van der Waals surface area contributed by atoms with Crippen molar-refractivity contribution >= 4 is 0 Å². The van der Waals surface area contributed by atoms with Gasteiger partial charge in [-0.3, -0.25) is 0 Å². The van der Waals surface area contributed by atoms with Gasteiger partial charge in [0.05, 0.1) is 0 Å². The van der Waals surface area contributed by atoms with E-state index in [1.54, 1.807) is 0 Å². The highest BCUT2D eigenvalue weighted by molar-refractivity contribution is 5.02. The van der Waals surface area contributed by atoms with Gasteiger partial charge in [0.1, 0.15) is 0 Å². The number of allylic oxidation sites excluding steroid dienone is 4. The Morgan fingerprint density at radius 1 is 0.529 bits per heavy atom. The van der Waals surface area contributed by atoms with Gasteiger partial charge in [-0.1, -0.05) is 83.1 Å². The van der Waals surface area contributed by atoms with Crippen LogP contribution in [0.15, 0.2) is 24.3 Å². The molecular weight excluding hydrogens is 204 g/mol. The molecule has 0 N–H and O–H groups in total. The molecule has 0 aromatic heterocycles. The lowest BCUT2D eigenvalue weighted by molar-refractivity contribution is 0.637. The van der Waals surface area contributed by atoms with Gasteiger partial charge in [-0.05, 0) is 25.7 Å². The van der Waals surface area contributed by atoms with Gasteiger partial charge in [0, 0.05) is 0 Å². The van der Waals surface area contributed by atoms with Crippen molar-refractivity contribution < 1.29 is 0 Å². The van der Waals surface area contributed by atoms with Gasteiger partial charge in [-0.15, -0.1) is 0 Å². The molecule has 0 spiro atoms. The molecule has 0 heterocycles. The lowest BCUT2D eigenvalue weighted by atomic mass is 10.1. The van der Waals surface area contributed by atoms with E-state index in [1.807, 2.05) is 0 Å². The molecule has 0 fully saturated rings. The summed E-state index contributed by atoms with van der Waals surface area (Å²) in [4.78, 5) is 0. The number of hydrogen-bond donors (Lipinski definition) is 0. The first-order valence-electron chi connectivity index (χ1n) is 7.73. The monoisotopic (exact) mass is 236 g/mol. The zero-order valence-corrected chi connectivity index (χ0v) is 12.1. The normalized spacial score (nSPS) is 11.9. The van der Waals surface area contributed by atoms with E-state index in [0.717, 1.165) is 0 Å². The van der Waals surface area contributed by atoms with Crippen LogP contribution < -0.4 is 0 Å². The Bertz CT molecular complexity index is 176. The van der Waals surface area contributed by atoms with Crippen LogP contribution in [0.25, 0.3) is 0 Å². The van der Waals surface area contributed by atoms with Gasteiger partial charge in [0.25, 0.3) is 0 Å². The second-order valence-corrected chi connectivity index (χ2v) is 4.91. The summed E-state index contributed by atoms with van der Waals surface area (Å²) in [5, 5.41) is 0. The molecule has 0 saturated heterocycles. The van der Waals surface area contributed by atoms with Gasteiger partial charge in [0.15, 0.2) is 0 Å². The zero-order chi connectivity index (χ0) is 12.6. The molecule has 0 aliphatic heterocycles. The standard InChI is InChI=1S/C17H32/c1-3-5-7-9-11-13-15-17-16-14-12-10-8-6-4-2/h13,15-17H,3-12,14H2,1-2H3. The smallest absolute Gasteiger partial charge is 0.0348 e. The van der Waals surface area contributed by atoms with E-state index in [-0.39, 0.29) is 0 Å². The molecule has 0 aliphatic carbocycles. The van der Waals surface area contributed by atoms with Crippen LogP contribution in [0, 0.1) is 0 Å². The summed E-state index contributed by atoms with van der Waals surface area (Å²) in [6.45, 7) is 4.53. The molecule has 0 rings (SSSR count). The van der Waals surface area contributed by atoms with E-state index < -0.39 is 0 Å². The maximum absolute atomic E-state index is 2.31. The molecule has 0 unspecified atom stereocenters. The summed E-state index contributed by atoms with van der Waals surface area (Å²) in [5.74, 6) is 0. The minimum absolute atomic E-state index is 1.25. The molecule has 0 atom stereocenters. The third-order valence-electron chi connectivity index (χ3n) is 3.08. The second-order valence-electron chi connectivity index (χ2n) is 4.91. The van der Waals surface area contributed by atoms with E-state index in [9.17, 15) is 0 Å². The van der Waals surface area contributed by atoms with Gasteiger partial charge in [-0.2, -0.15) is 0 Å². The fraction of sp³-hybridized carbons (Fsp3) is 0.765. The molecule has 0 aromatic carbocycles. The summed E-state index contributed by atoms with van der Waals surface area (Å²) >= 11 is 0. The highest BCUT2D eigenvalue weighted by atomic mass is 13.9. The number of hydrogen-bond acceptors (Lipinski definition) is 0. The highest BCUT2D eigenvalue weighted by Gasteiger charge is 1.86. The van der Waals surface area contributed by atoms with Crippen molar-refractivity contribution in [2.75, 3.05) is 0 Å². The minimum Gasteiger partial charge on any atom is -0.0845 e. The lowest BCUT2D eigenvalue weighted by Gasteiger charge is -1.95. The zero-order valence-electron chi connectivity index (χ0n) is 12.1. The molecular formula is C17H32. The molecule has 0 saturated carbocycles. The summed E-state index contributed by atoms with van der Waals surface area (Å²) in [7, 11) is 0. The summed E-state index contributed by atoms with van der Waals surface area (Å²) in [5.41, 5.74) is 0. The van der Waals surface area contributed by atoms with Crippen LogP contribution in [0.2, 0.25) is 0 Å². The Morgan fingerprint density at radius 2 is 0.941 bits per heavy atom. The van der Waals surface area contributed by atoms with Crippen LogP contribution in [-0.4, -0.2) is 0 Å². The average Bonchev–Trinajstić information content (AvgIpc) is 2.35. The Kier molecular flexibility index (Phi) is 15.0. The number of rotatable bonds is 12. The van der Waals surface area contributed by atoms with Crippen molar-refractivity contribution in [3.05, 3.63) is 24.3 Å². The van der Waals surface area contributed by atoms with Crippen LogP contribution in [0.4, 0.5) is 0 Å². The molecule has 0 radical (unpaired) electrons. The fourth-order valence-electron chi connectivity index (χ4n) is 1.90. The highest BCUT2D eigenvalue weighted by Crippen LogP contribution is 2.06. The molecule has 0 heteroatoms. The first-order valence-corrected chi connectivity index (χ1v) is 7.73. The van der Waals surface area contributed by atoms with Gasteiger partial charge < -0.3 is 0 Å². The van der Waals surface area contributed by atoms with Crippen LogP contribution in [0.5, 0.6) is 0 Å². The predicted molar refractivity (Wildman–Crippen MR) is 80.4 cm³/mol. The lowest BCUT2D eigenvalue weighted by Crippen LogP contribution is -1.75. The van der Waals surface area contributed by atoms with Crippen molar-refractivity contribution in [2.45, 2.75) is 84.5 Å². The Balaban J connectivity index is 3.15. The van der Waals surface area contributed by atoms with Crippen LogP contribution >= 0.6 is 0 Å². The molecule has 0 bridgehead atoms. The molecule has 100 valence electrons. The van der Waals surface area contributed by atoms with Crippen LogP contribution in [0.3, 0.4) is 0 Å². The average molecular weight is 236 g/mol. The number of unbranched alkanes of at least 4 members (excludes halogenated alkanes) is 9. The van der Waals surface area contributed by atoms with E-state index in [1.165, 1.54) is 70.6 Å². The van der Waals surface area contributed by atoms with E-state index >= 15 is 0 Å². The van der Waals surface area contributed by atoms with Gasteiger partial charge in [0.2, 0.25) is 0 Å². The van der Waals surface area contributed by atoms with E-state index in [2.05, 4.69) is 38.2 Å². The minimum atomic E-state index is 1.25. The maximum atomic E-state index is 2.31. The molecule has 0 nitrogen and oxygen atoms in total. The maximum Gasteiger partial charge on any atom is -0.0348 e. The topological polar surface area (TPSA) is 0 Å². The van der Waals surface area contributed by atoms with Crippen LogP contribution in [-0.2, 0) is 0 Å².